The van der Waals surface area contributed by atoms with E-state index >= 15 is 0 Å². The Bertz CT molecular complexity index is 1510. The van der Waals surface area contributed by atoms with E-state index < -0.39 is 28.5 Å². The van der Waals surface area contributed by atoms with Crippen molar-refractivity contribution in [1.82, 2.24) is 10.2 Å². The molecule has 0 spiro atoms. The molecule has 0 fully saturated rings. The zero-order valence-electron chi connectivity index (χ0n) is 25.0. The highest BCUT2D eigenvalue weighted by atomic mass is 32.2. The molecule has 0 radical (unpaired) electrons. The van der Waals surface area contributed by atoms with Gasteiger partial charge < -0.3 is 24.4 Å². The van der Waals surface area contributed by atoms with E-state index in [1.807, 2.05) is 56.3 Å². The van der Waals surface area contributed by atoms with E-state index in [1.54, 1.807) is 37.4 Å². The number of sulfonamides is 1. The summed E-state index contributed by atoms with van der Waals surface area (Å²) in [6, 6.07) is 20.4. The van der Waals surface area contributed by atoms with E-state index in [-0.39, 0.29) is 43.1 Å². The summed E-state index contributed by atoms with van der Waals surface area (Å²) in [5.74, 6) is 0.411. The molecule has 4 rings (SSSR count). The number of anilines is 1. The topological polar surface area (TPSA) is 114 Å². The van der Waals surface area contributed by atoms with Gasteiger partial charge in [0.25, 0.3) is 0 Å². The maximum absolute atomic E-state index is 14.3. The third-order valence-corrected chi connectivity index (χ3v) is 9.12. The van der Waals surface area contributed by atoms with Gasteiger partial charge in [-0.3, -0.25) is 13.9 Å². The van der Waals surface area contributed by atoms with Gasteiger partial charge in [0.15, 0.2) is 11.5 Å². The van der Waals surface area contributed by atoms with E-state index in [4.69, 9.17) is 14.2 Å². The number of rotatable bonds is 14. The molecule has 0 aromatic heterocycles. The number of nitrogens with one attached hydrogen (secondary N) is 1. The van der Waals surface area contributed by atoms with Gasteiger partial charge in [-0.25, -0.2) is 8.42 Å². The lowest BCUT2D eigenvalue weighted by atomic mass is 10.0. The van der Waals surface area contributed by atoms with Crippen LogP contribution in [0.15, 0.2) is 72.8 Å². The van der Waals surface area contributed by atoms with Crippen LogP contribution >= 0.6 is 0 Å². The minimum atomic E-state index is -3.90. The fraction of sp³-hybridized carbons (Fsp3) is 0.375. The second-order valence-corrected chi connectivity index (χ2v) is 12.5. The summed E-state index contributed by atoms with van der Waals surface area (Å²) in [6.45, 7) is 4.96. The van der Waals surface area contributed by atoms with Crippen LogP contribution in [-0.4, -0.2) is 63.4 Å². The third-order valence-electron chi connectivity index (χ3n) is 7.38. The Morgan fingerprint density at radius 1 is 0.953 bits per heavy atom. The van der Waals surface area contributed by atoms with Gasteiger partial charge in [0, 0.05) is 25.1 Å². The van der Waals surface area contributed by atoms with Gasteiger partial charge in [0.2, 0.25) is 28.6 Å². The van der Waals surface area contributed by atoms with Crippen molar-refractivity contribution in [2.75, 3.05) is 30.5 Å². The number of nitrogens with zero attached hydrogens (tertiary/aromatic N) is 2. The average molecular weight is 610 g/mol. The molecule has 2 atom stereocenters. The van der Waals surface area contributed by atoms with Crippen LogP contribution in [0, 0.1) is 0 Å². The maximum Gasteiger partial charge on any atom is 0.244 e. The molecule has 1 heterocycles. The third kappa shape index (κ3) is 7.98. The van der Waals surface area contributed by atoms with Gasteiger partial charge in [-0.1, -0.05) is 49.4 Å². The molecule has 3 aromatic carbocycles. The van der Waals surface area contributed by atoms with Crippen molar-refractivity contribution in [3.63, 3.8) is 0 Å². The number of hydrogen-bond acceptors (Lipinski definition) is 7. The molecule has 0 saturated carbocycles. The van der Waals surface area contributed by atoms with Gasteiger partial charge >= 0.3 is 0 Å². The molecule has 1 aliphatic heterocycles. The molecule has 43 heavy (non-hydrogen) atoms. The number of benzene rings is 3. The van der Waals surface area contributed by atoms with Crippen LogP contribution in [0.1, 0.15) is 38.3 Å². The van der Waals surface area contributed by atoms with E-state index in [0.717, 1.165) is 15.4 Å². The van der Waals surface area contributed by atoms with Crippen molar-refractivity contribution in [1.29, 1.82) is 0 Å². The molecule has 0 aliphatic carbocycles. The molecule has 0 unspecified atom stereocenters. The van der Waals surface area contributed by atoms with Crippen LogP contribution in [0.25, 0.3) is 0 Å². The number of methoxy groups -OCH3 is 1. The first kappa shape index (κ1) is 31.7. The number of amides is 2. The van der Waals surface area contributed by atoms with E-state index in [2.05, 4.69) is 5.32 Å². The van der Waals surface area contributed by atoms with Crippen molar-refractivity contribution >= 4 is 27.5 Å². The summed E-state index contributed by atoms with van der Waals surface area (Å²) in [5.41, 5.74) is 1.86. The van der Waals surface area contributed by atoms with Gasteiger partial charge in [-0.15, -0.1) is 0 Å². The SMILES string of the molecule is CC[C@H](C)NC(=O)[C@H](Cc1ccccc1)N(Cc1cccc(OC)c1)C(=O)CN(c1ccc2c(c1)OCO2)S(=O)(=O)CC. The fourth-order valence-corrected chi connectivity index (χ4v) is 5.78. The molecule has 11 heteroatoms. The smallest absolute Gasteiger partial charge is 0.244 e. The minimum Gasteiger partial charge on any atom is -0.497 e. The Hall–Kier alpha value is -4.25. The number of carbonyl (C=O) groups is 2. The lowest BCUT2D eigenvalue weighted by Gasteiger charge is -2.34. The predicted molar refractivity (Wildman–Crippen MR) is 165 cm³/mol. The number of hydrogen-bond donors (Lipinski definition) is 1. The summed E-state index contributed by atoms with van der Waals surface area (Å²) in [5, 5.41) is 3.03. The highest BCUT2D eigenvalue weighted by molar-refractivity contribution is 7.92. The van der Waals surface area contributed by atoms with Crippen LogP contribution in [0.3, 0.4) is 0 Å². The summed E-state index contributed by atoms with van der Waals surface area (Å²) in [7, 11) is -2.35. The number of ether oxygens (including phenoxy) is 3. The van der Waals surface area contributed by atoms with Gasteiger partial charge in [0.1, 0.15) is 18.3 Å². The maximum atomic E-state index is 14.3. The highest BCUT2D eigenvalue weighted by Crippen LogP contribution is 2.36. The van der Waals surface area contributed by atoms with Gasteiger partial charge in [-0.2, -0.15) is 0 Å². The number of fused-ring (bicyclic) bond motifs is 1. The van der Waals surface area contributed by atoms with E-state index in [9.17, 15) is 18.0 Å². The minimum absolute atomic E-state index is 0.0268. The largest absolute Gasteiger partial charge is 0.497 e. The van der Waals surface area contributed by atoms with Crippen molar-refractivity contribution in [2.24, 2.45) is 0 Å². The Balaban J connectivity index is 1.76. The van der Waals surface area contributed by atoms with Crippen molar-refractivity contribution in [2.45, 2.75) is 52.2 Å². The van der Waals surface area contributed by atoms with Crippen LogP contribution < -0.4 is 23.8 Å². The first-order valence-electron chi connectivity index (χ1n) is 14.3. The van der Waals surface area contributed by atoms with Crippen molar-refractivity contribution < 1.29 is 32.2 Å². The molecular formula is C32H39N3O7S. The summed E-state index contributed by atoms with van der Waals surface area (Å²) in [4.78, 5) is 29.6. The number of carbonyl (C=O) groups excluding carboxylic acids is 2. The molecule has 10 nitrogen and oxygen atoms in total. The van der Waals surface area contributed by atoms with Crippen molar-refractivity contribution in [3.8, 4) is 17.2 Å². The molecule has 230 valence electrons. The van der Waals surface area contributed by atoms with Crippen LogP contribution in [-0.2, 0) is 32.6 Å². The monoisotopic (exact) mass is 609 g/mol. The van der Waals surface area contributed by atoms with Crippen molar-refractivity contribution in [3.05, 3.63) is 83.9 Å². The molecule has 3 aromatic rings. The predicted octanol–water partition coefficient (Wildman–Crippen LogP) is 4.13. The summed E-state index contributed by atoms with van der Waals surface area (Å²) in [6.07, 6.45) is 0.948. The van der Waals surface area contributed by atoms with Crippen LogP contribution in [0.4, 0.5) is 5.69 Å². The van der Waals surface area contributed by atoms with Gasteiger partial charge in [0.05, 0.1) is 18.6 Å². The lowest BCUT2D eigenvalue weighted by molar-refractivity contribution is -0.140. The molecule has 1 N–H and O–H groups in total. The molecule has 0 saturated heterocycles. The first-order valence-corrected chi connectivity index (χ1v) is 15.9. The first-order chi connectivity index (χ1) is 20.6. The van der Waals surface area contributed by atoms with E-state index in [1.165, 1.54) is 11.8 Å². The second-order valence-electron chi connectivity index (χ2n) is 10.3. The average Bonchev–Trinajstić information content (AvgIpc) is 3.50. The van der Waals surface area contributed by atoms with Crippen LogP contribution in [0.2, 0.25) is 0 Å². The molecular weight excluding hydrogens is 570 g/mol. The normalized spacial score (nSPS) is 13.6. The zero-order chi connectivity index (χ0) is 31.0. The van der Waals surface area contributed by atoms with Gasteiger partial charge in [-0.05, 0) is 55.7 Å². The van der Waals surface area contributed by atoms with E-state index in [0.29, 0.717) is 23.7 Å². The standard InChI is InChI=1S/C32H39N3O7S/c1-5-23(3)33-32(37)28(18-24-11-8-7-9-12-24)34(20-25-13-10-14-27(17-25)40-4)31(36)21-35(43(38,39)6-2)26-15-16-29-30(19-26)42-22-41-29/h7-17,19,23,28H,5-6,18,20-22H2,1-4H3,(H,33,37)/t23-,28-/m0/s1. The zero-order valence-corrected chi connectivity index (χ0v) is 25.8. The Morgan fingerprint density at radius 3 is 2.37 bits per heavy atom. The summed E-state index contributed by atoms with van der Waals surface area (Å²) < 4.78 is 44.1. The Labute approximate surface area is 253 Å². The highest BCUT2D eigenvalue weighted by Gasteiger charge is 2.34. The molecule has 0 bridgehead atoms. The Morgan fingerprint density at radius 2 is 1.67 bits per heavy atom. The quantitative estimate of drug-likeness (QED) is 0.292. The lowest BCUT2D eigenvalue weighted by Crippen LogP contribution is -2.54. The summed E-state index contributed by atoms with van der Waals surface area (Å²) >= 11 is 0. The molecule has 1 aliphatic rings. The second kappa shape index (κ2) is 14.3. The fourth-order valence-electron chi connectivity index (χ4n) is 4.72. The molecule has 2 amide bonds. The van der Waals surface area contributed by atoms with Crippen LogP contribution in [0.5, 0.6) is 17.2 Å². The Kier molecular flexibility index (Phi) is 10.5.